The molecule has 0 aliphatic rings. The maximum absolute atomic E-state index is 13.2. The first kappa shape index (κ1) is 18.2. The second-order valence-corrected chi connectivity index (χ2v) is 7.14. The molecule has 0 saturated carbocycles. The summed E-state index contributed by atoms with van der Waals surface area (Å²) >= 11 is 5.74. The van der Waals surface area contributed by atoms with E-state index in [9.17, 15) is 12.8 Å². The van der Waals surface area contributed by atoms with Gasteiger partial charge in [0.25, 0.3) is 0 Å². The Morgan fingerprint density at radius 3 is 2.67 bits per heavy atom. The van der Waals surface area contributed by atoms with Crippen LogP contribution in [0.5, 0.6) is 0 Å². The van der Waals surface area contributed by atoms with E-state index in [1.165, 1.54) is 0 Å². The minimum absolute atomic E-state index is 0.105. The highest BCUT2D eigenvalue weighted by molar-refractivity contribution is 7.89. The molecule has 0 atom stereocenters. The lowest BCUT2D eigenvalue weighted by atomic mass is 10.1. The zero-order chi connectivity index (χ0) is 16.0. The molecule has 0 aliphatic carbocycles. The van der Waals surface area contributed by atoms with Crippen molar-refractivity contribution in [3.63, 3.8) is 0 Å². The van der Waals surface area contributed by atoms with Crippen LogP contribution in [0.3, 0.4) is 0 Å². The van der Waals surface area contributed by atoms with Gasteiger partial charge in [-0.15, -0.1) is 0 Å². The van der Waals surface area contributed by atoms with E-state index in [1.54, 1.807) is 0 Å². The first-order chi connectivity index (χ1) is 9.74. The lowest BCUT2D eigenvalue weighted by Gasteiger charge is -2.10. The summed E-state index contributed by atoms with van der Waals surface area (Å²) in [7, 11) is -3.84. The number of nitrogen functional groups attached to an aromatic ring is 1. The summed E-state index contributed by atoms with van der Waals surface area (Å²) in [6.07, 6.45) is 0.910. The van der Waals surface area contributed by atoms with Crippen LogP contribution in [0, 0.1) is 11.7 Å². The minimum Gasteiger partial charge on any atom is -0.396 e. The van der Waals surface area contributed by atoms with Crippen LogP contribution >= 0.6 is 11.6 Å². The monoisotopic (exact) mass is 338 g/mol. The molecular weight excluding hydrogens is 319 g/mol. The molecule has 0 amide bonds. The maximum Gasteiger partial charge on any atom is 0.242 e. The van der Waals surface area contributed by atoms with Gasteiger partial charge in [0.1, 0.15) is 10.7 Å². The van der Waals surface area contributed by atoms with Gasteiger partial charge in [0.15, 0.2) is 0 Å². The summed E-state index contributed by atoms with van der Waals surface area (Å²) in [5, 5.41) is -0.213. The molecule has 0 fully saturated rings. The van der Waals surface area contributed by atoms with Gasteiger partial charge >= 0.3 is 0 Å². The number of rotatable bonds is 8. The van der Waals surface area contributed by atoms with E-state index in [0.29, 0.717) is 12.5 Å². The van der Waals surface area contributed by atoms with E-state index >= 15 is 0 Å². The van der Waals surface area contributed by atoms with Crippen molar-refractivity contribution in [1.29, 1.82) is 0 Å². The smallest absolute Gasteiger partial charge is 0.242 e. The van der Waals surface area contributed by atoms with Crippen LogP contribution in [0.4, 0.5) is 10.1 Å². The Morgan fingerprint density at radius 1 is 1.38 bits per heavy atom. The molecule has 21 heavy (non-hydrogen) atoms. The summed E-state index contributed by atoms with van der Waals surface area (Å²) in [6, 6.07) is 1.88. The van der Waals surface area contributed by atoms with Crippen molar-refractivity contribution >= 4 is 27.3 Å². The fourth-order valence-electron chi connectivity index (χ4n) is 1.50. The van der Waals surface area contributed by atoms with Crippen LogP contribution in [-0.2, 0) is 14.8 Å². The molecule has 0 spiro atoms. The predicted octanol–water partition coefficient (Wildman–Crippen LogP) is 2.40. The van der Waals surface area contributed by atoms with Crippen molar-refractivity contribution in [3.8, 4) is 0 Å². The molecule has 8 heteroatoms. The van der Waals surface area contributed by atoms with Crippen LogP contribution in [-0.4, -0.2) is 28.2 Å². The second kappa shape index (κ2) is 7.93. The fourth-order valence-corrected chi connectivity index (χ4v) is 3.06. The van der Waals surface area contributed by atoms with Gasteiger partial charge in [-0.1, -0.05) is 25.4 Å². The molecule has 0 aromatic heterocycles. The molecule has 5 nitrogen and oxygen atoms in total. The Balaban J connectivity index is 2.56. The average molecular weight is 339 g/mol. The quantitative estimate of drug-likeness (QED) is 0.563. The summed E-state index contributed by atoms with van der Waals surface area (Å²) in [5.41, 5.74) is 5.09. The van der Waals surface area contributed by atoms with Gasteiger partial charge in [0.2, 0.25) is 10.0 Å². The molecule has 0 radical (unpaired) electrons. The second-order valence-electron chi connectivity index (χ2n) is 5.00. The molecule has 1 rings (SSSR count). The van der Waals surface area contributed by atoms with E-state index in [-0.39, 0.29) is 28.8 Å². The number of halogens is 2. The van der Waals surface area contributed by atoms with Gasteiger partial charge < -0.3 is 10.5 Å². The summed E-state index contributed by atoms with van der Waals surface area (Å²) < 4.78 is 44.9. The number of benzene rings is 1. The highest BCUT2D eigenvalue weighted by atomic mass is 35.5. The SMILES string of the molecule is CC(C)CCOCCNS(=O)(=O)c1cc(N)c(F)cc1Cl. The summed E-state index contributed by atoms with van der Waals surface area (Å²) in [4.78, 5) is -0.245. The van der Waals surface area contributed by atoms with Gasteiger partial charge in [0.05, 0.1) is 17.3 Å². The van der Waals surface area contributed by atoms with Crippen molar-refractivity contribution in [2.24, 2.45) is 5.92 Å². The highest BCUT2D eigenvalue weighted by Gasteiger charge is 2.19. The third-order valence-corrected chi connectivity index (χ3v) is 4.64. The van der Waals surface area contributed by atoms with Crippen molar-refractivity contribution in [1.82, 2.24) is 4.72 Å². The zero-order valence-electron chi connectivity index (χ0n) is 12.0. The molecule has 3 N–H and O–H groups in total. The number of nitrogens with two attached hydrogens (primary N) is 1. The standard InChI is InChI=1S/C13H20ClFN2O3S/c1-9(2)3-5-20-6-4-17-21(18,19)13-8-12(16)11(15)7-10(13)14/h7-9,17H,3-6,16H2,1-2H3. The molecule has 0 bridgehead atoms. The fraction of sp³-hybridized carbons (Fsp3) is 0.538. The van der Waals surface area contributed by atoms with Crippen molar-refractivity contribution < 1.29 is 17.5 Å². The Kier molecular flexibility index (Phi) is 6.86. The molecule has 0 aliphatic heterocycles. The zero-order valence-corrected chi connectivity index (χ0v) is 13.6. The first-order valence-corrected chi connectivity index (χ1v) is 8.42. The lowest BCUT2D eigenvalue weighted by Crippen LogP contribution is -2.28. The van der Waals surface area contributed by atoms with Gasteiger partial charge in [-0.3, -0.25) is 0 Å². The molecule has 1 aromatic rings. The van der Waals surface area contributed by atoms with Crippen LogP contribution in [0.2, 0.25) is 5.02 Å². The molecule has 0 unspecified atom stereocenters. The number of sulfonamides is 1. The first-order valence-electron chi connectivity index (χ1n) is 6.56. The Bertz CT molecular complexity index is 579. The van der Waals surface area contributed by atoms with E-state index in [1.807, 2.05) is 0 Å². The van der Waals surface area contributed by atoms with Crippen LogP contribution in [0.1, 0.15) is 20.3 Å². The normalized spacial score (nSPS) is 12.0. The highest BCUT2D eigenvalue weighted by Crippen LogP contribution is 2.25. The topological polar surface area (TPSA) is 81.4 Å². The molecule has 1 aromatic carbocycles. The van der Waals surface area contributed by atoms with E-state index in [2.05, 4.69) is 18.6 Å². The Labute approximate surface area is 129 Å². The Hall–Kier alpha value is -0.890. The minimum atomic E-state index is -3.84. The van der Waals surface area contributed by atoms with Gasteiger partial charge in [-0.2, -0.15) is 0 Å². The molecule has 0 heterocycles. The lowest BCUT2D eigenvalue weighted by molar-refractivity contribution is 0.128. The summed E-state index contributed by atoms with van der Waals surface area (Å²) in [6.45, 7) is 5.08. The third-order valence-electron chi connectivity index (χ3n) is 2.72. The van der Waals surface area contributed by atoms with Crippen molar-refractivity contribution in [3.05, 3.63) is 23.0 Å². The van der Waals surface area contributed by atoms with Gasteiger partial charge in [-0.25, -0.2) is 17.5 Å². The number of hydrogen-bond donors (Lipinski definition) is 2. The number of nitrogens with one attached hydrogen (secondary N) is 1. The third kappa shape index (κ3) is 5.78. The maximum atomic E-state index is 13.2. The van der Waals surface area contributed by atoms with Crippen molar-refractivity contribution in [2.45, 2.75) is 25.2 Å². The number of ether oxygens (including phenoxy) is 1. The molecule has 120 valence electrons. The van der Waals surface area contributed by atoms with Crippen LogP contribution in [0.25, 0.3) is 0 Å². The number of hydrogen-bond acceptors (Lipinski definition) is 4. The molecular formula is C13H20ClFN2O3S. The Morgan fingerprint density at radius 2 is 2.05 bits per heavy atom. The average Bonchev–Trinajstić information content (AvgIpc) is 2.37. The largest absolute Gasteiger partial charge is 0.396 e. The molecule has 0 saturated heterocycles. The van der Waals surface area contributed by atoms with E-state index in [0.717, 1.165) is 18.6 Å². The van der Waals surface area contributed by atoms with Crippen molar-refractivity contribution in [2.75, 3.05) is 25.5 Å². The predicted molar refractivity (Wildman–Crippen MR) is 81.3 cm³/mol. The van der Waals surface area contributed by atoms with Crippen LogP contribution in [0.15, 0.2) is 17.0 Å². The van der Waals surface area contributed by atoms with Gasteiger partial charge in [-0.05, 0) is 24.5 Å². The summed E-state index contributed by atoms with van der Waals surface area (Å²) in [5.74, 6) is -0.223. The van der Waals surface area contributed by atoms with Gasteiger partial charge in [0, 0.05) is 13.2 Å². The van der Waals surface area contributed by atoms with E-state index in [4.69, 9.17) is 22.1 Å². The van der Waals surface area contributed by atoms with E-state index < -0.39 is 15.8 Å². The number of anilines is 1. The van der Waals surface area contributed by atoms with Crippen LogP contribution < -0.4 is 10.5 Å².